The zero-order valence-corrected chi connectivity index (χ0v) is 75.1. The molecule has 0 aromatic heterocycles. The molecular weight excluding hydrogens is 1440 g/mol. The molecule has 0 heterocycles. The van der Waals surface area contributed by atoms with Crippen LogP contribution in [0.5, 0.6) is 0 Å². The number of aliphatic hydroxyl groups is 1. The minimum absolute atomic E-state index is 0.108. The summed E-state index contributed by atoms with van der Waals surface area (Å²) in [7, 11) is -9.94. The first-order valence-electron chi connectivity index (χ1n) is 47.5. The Morgan fingerprint density at radius 1 is 0.243 bits per heavy atom. The molecule has 0 aliphatic heterocycles. The van der Waals surface area contributed by atoms with Gasteiger partial charge in [0.15, 0.2) is 12.2 Å². The van der Waals surface area contributed by atoms with Crippen LogP contribution in [0.1, 0.15) is 497 Å². The summed E-state index contributed by atoms with van der Waals surface area (Å²) >= 11 is 0. The molecule has 660 valence electrons. The third-order valence-corrected chi connectivity index (χ3v) is 23.6. The highest BCUT2D eigenvalue weighted by Gasteiger charge is 2.31. The summed E-state index contributed by atoms with van der Waals surface area (Å²) in [4.78, 5) is 73.4. The fourth-order valence-corrected chi connectivity index (χ4v) is 16.1. The van der Waals surface area contributed by atoms with Gasteiger partial charge in [-0.2, -0.15) is 0 Å². The number of phosphoric acid groups is 2. The van der Waals surface area contributed by atoms with E-state index in [1.54, 1.807) is 0 Å². The van der Waals surface area contributed by atoms with E-state index < -0.39 is 97.5 Å². The third-order valence-electron chi connectivity index (χ3n) is 21.7. The number of hydrogen-bond acceptors (Lipinski definition) is 15. The largest absolute Gasteiger partial charge is 0.472 e. The average Bonchev–Trinajstić information content (AvgIpc) is 0.897. The van der Waals surface area contributed by atoms with Gasteiger partial charge in [0.2, 0.25) is 0 Å². The number of unbranched alkanes of at least 4 members (excludes halogenated alkanes) is 61. The number of ether oxygens (including phenoxy) is 4. The van der Waals surface area contributed by atoms with Gasteiger partial charge in [-0.15, -0.1) is 0 Å². The van der Waals surface area contributed by atoms with Crippen LogP contribution in [0.25, 0.3) is 0 Å². The van der Waals surface area contributed by atoms with Crippen molar-refractivity contribution in [2.45, 2.75) is 516 Å². The first-order chi connectivity index (χ1) is 53.9. The maximum atomic E-state index is 13.2. The molecule has 19 heteroatoms. The molecule has 5 atom stereocenters. The summed E-state index contributed by atoms with van der Waals surface area (Å²) in [6.07, 6.45) is 77.9. The molecule has 0 saturated heterocycles. The lowest BCUT2D eigenvalue weighted by molar-refractivity contribution is -0.161. The Hall–Kier alpha value is -1.94. The van der Waals surface area contributed by atoms with E-state index >= 15 is 0 Å². The van der Waals surface area contributed by atoms with Gasteiger partial charge < -0.3 is 33.8 Å². The summed E-state index contributed by atoms with van der Waals surface area (Å²) in [5.74, 6) is -0.528. The number of carbonyl (C=O) groups excluding carboxylic acids is 4. The lowest BCUT2D eigenvalue weighted by Gasteiger charge is -2.21. The zero-order valence-electron chi connectivity index (χ0n) is 73.3. The highest BCUT2D eigenvalue weighted by Crippen LogP contribution is 2.45. The summed E-state index contributed by atoms with van der Waals surface area (Å²) in [6.45, 7) is 9.73. The van der Waals surface area contributed by atoms with Crippen molar-refractivity contribution in [3.63, 3.8) is 0 Å². The van der Waals surface area contributed by atoms with Crippen molar-refractivity contribution >= 4 is 39.5 Å². The maximum absolute atomic E-state index is 13.2. The van der Waals surface area contributed by atoms with E-state index in [9.17, 15) is 43.2 Å². The normalized spacial score (nSPS) is 13.7. The molecule has 0 aliphatic carbocycles. The van der Waals surface area contributed by atoms with Gasteiger partial charge in [0, 0.05) is 25.7 Å². The number of hydrogen-bond donors (Lipinski definition) is 3. The lowest BCUT2D eigenvalue weighted by Crippen LogP contribution is -2.30. The fraction of sp³-hybridized carbons (Fsp3) is 0.957. The molecule has 0 fully saturated rings. The predicted molar refractivity (Wildman–Crippen MR) is 460 cm³/mol. The predicted octanol–water partition coefficient (Wildman–Crippen LogP) is 28.6. The molecule has 0 aliphatic rings. The zero-order chi connectivity index (χ0) is 81.3. The Balaban J connectivity index is 5.24. The van der Waals surface area contributed by atoms with Gasteiger partial charge in [0.05, 0.1) is 26.4 Å². The van der Waals surface area contributed by atoms with E-state index in [0.29, 0.717) is 25.7 Å². The fourth-order valence-electron chi connectivity index (χ4n) is 14.5. The highest BCUT2D eigenvalue weighted by molar-refractivity contribution is 7.47. The van der Waals surface area contributed by atoms with Crippen molar-refractivity contribution in [3.05, 3.63) is 0 Å². The van der Waals surface area contributed by atoms with Crippen LogP contribution in [0.2, 0.25) is 0 Å². The van der Waals surface area contributed by atoms with Gasteiger partial charge in [-0.1, -0.05) is 446 Å². The summed E-state index contributed by atoms with van der Waals surface area (Å²) in [6, 6.07) is 0. The first kappa shape index (κ1) is 109. The number of esters is 4. The SMILES string of the molecule is CCCCCCCCCCCCCCCCCCCCCCCCC(=O)O[C@H](COC(=O)CCCCCCCCCCCCCCCCCCCCC(C)C)COP(=O)(O)OC[C@@H](O)COP(=O)(O)OC[C@@H](COC(=O)CCCCCCCCCCCC(C)C)OC(=O)CCCCCCCCCCCCCCCCCC. The molecular formula is C92H180O17P2. The van der Waals surface area contributed by atoms with Crippen LogP contribution in [0.15, 0.2) is 0 Å². The van der Waals surface area contributed by atoms with Gasteiger partial charge in [-0.3, -0.25) is 37.3 Å². The maximum Gasteiger partial charge on any atom is 0.472 e. The van der Waals surface area contributed by atoms with Crippen LogP contribution in [0.3, 0.4) is 0 Å². The number of aliphatic hydroxyl groups excluding tert-OH is 1. The smallest absolute Gasteiger partial charge is 0.462 e. The molecule has 3 N–H and O–H groups in total. The Kier molecular flexibility index (Phi) is 81.7. The Labute approximate surface area is 683 Å². The van der Waals surface area contributed by atoms with E-state index in [1.165, 1.54) is 315 Å². The van der Waals surface area contributed by atoms with Crippen LogP contribution in [0.4, 0.5) is 0 Å². The standard InChI is InChI=1S/C92H180O17P2/c1-7-9-11-13-15-17-19-21-23-25-26-27-28-29-34-38-42-46-52-59-65-71-77-91(96)108-87(80-102-89(94)74-68-62-56-50-44-40-37-33-31-30-32-35-39-43-48-54-60-66-72-84(3)4)82-106-110(98,99)104-78-86(93)79-105-111(100,101)107-83-88(81-103-90(95)75-69-63-57-53-47-49-55-61-67-73-85(5)6)109-92(97)76-70-64-58-51-45-41-36-24-22-20-18-16-14-12-10-8-2/h84-88,93H,7-83H2,1-6H3,(H,98,99)(H,100,101)/t86-,87-,88-/m1/s1. The molecule has 0 spiro atoms. The van der Waals surface area contributed by atoms with E-state index in [4.69, 9.17) is 37.0 Å². The van der Waals surface area contributed by atoms with Crippen molar-refractivity contribution in [1.82, 2.24) is 0 Å². The van der Waals surface area contributed by atoms with Crippen molar-refractivity contribution in [2.75, 3.05) is 39.6 Å². The summed E-state index contributed by atoms with van der Waals surface area (Å²) < 4.78 is 69.1. The van der Waals surface area contributed by atoms with Crippen LogP contribution < -0.4 is 0 Å². The quantitative estimate of drug-likeness (QED) is 0.0222. The minimum atomic E-state index is -4.97. The van der Waals surface area contributed by atoms with Crippen LogP contribution in [0, 0.1) is 11.8 Å². The van der Waals surface area contributed by atoms with E-state index in [-0.39, 0.29) is 25.7 Å². The van der Waals surface area contributed by atoms with E-state index in [1.807, 2.05) is 0 Å². The number of rotatable bonds is 91. The van der Waals surface area contributed by atoms with Gasteiger partial charge >= 0.3 is 39.5 Å². The Bertz CT molecular complexity index is 2120. The van der Waals surface area contributed by atoms with E-state index in [2.05, 4.69) is 41.5 Å². The molecule has 0 aromatic carbocycles. The van der Waals surface area contributed by atoms with Crippen LogP contribution in [-0.2, 0) is 65.4 Å². The Morgan fingerprint density at radius 3 is 0.613 bits per heavy atom. The molecule has 0 radical (unpaired) electrons. The minimum Gasteiger partial charge on any atom is -0.462 e. The van der Waals surface area contributed by atoms with Gasteiger partial charge in [0.25, 0.3) is 0 Å². The molecule has 0 saturated carbocycles. The van der Waals surface area contributed by atoms with E-state index in [0.717, 1.165) is 102 Å². The monoisotopic (exact) mass is 1620 g/mol. The van der Waals surface area contributed by atoms with Crippen LogP contribution >= 0.6 is 15.6 Å². The lowest BCUT2D eigenvalue weighted by atomic mass is 10.0. The van der Waals surface area contributed by atoms with Crippen molar-refractivity contribution in [2.24, 2.45) is 11.8 Å². The molecule has 0 rings (SSSR count). The molecule has 2 unspecified atom stereocenters. The number of phosphoric ester groups is 2. The van der Waals surface area contributed by atoms with Crippen LogP contribution in [-0.4, -0.2) is 96.7 Å². The van der Waals surface area contributed by atoms with Gasteiger partial charge in [-0.25, -0.2) is 9.13 Å². The highest BCUT2D eigenvalue weighted by atomic mass is 31.2. The average molecular weight is 1620 g/mol. The van der Waals surface area contributed by atoms with Crippen molar-refractivity contribution < 1.29 is 80.2 Å². The number of carbonyl (C=O) groups is 4. The summed E-state index contributed by atoms with van der Waals surface area (Å²) in [5, 5.41) is 10.7. The second-order valence-corrected chi connectivity index (χ2v) is 36.9. The topological polar surface area (TPSA) is 237 Å². The second-order valence-electron chi connectivity index (χ2n) is 34.0. The molecule has 111 heavy (non-hydrogen) atoms. The van der Waals surface area contributed by atoms with Gasteiger partial charge in [-0.05, 0) is 37.5 Å². The van der Waals surface area contributed by atoms with Crippen molar-refractivity contribution in [1.29, 1.82) is 0 Å². The van der Waals surface area contributed by atoms with Crippen molar-refractivity contribution in [3.8, 4) is 0 Å². The third kappa shape index (κ3) is 85.8. The molecule has 0 aromatic rings. The second kappa shape index (κ2) is 83.1. The van der Waals surface area contributed by atoms with Gasteiger partial charge in [0.1, 0.15) is 19.3 Å². The molecule has 17 nitrogen and oxygen atoms in total. The molecule has 0 amide bonds. The molecule has 0 bridgehead atoms. The summed E-state index contributed by atoms with van der Waals surface area (Å²) in [5.41, 5.74) is 0. The Morgan fingerprint density at radius 2 is 0.414 bits per heavy atom. The first-order valence-corrected chi connectivity index (χ1v) is 50.5.